The molecule has 1 heterocycles. The number of rotatable bonds is 2. The molecule has 15 heavy (non-hydrogen) atoms. The summed E-state index contributed by atoms with van der Waals surface area (Å²) in [6.45, 7) is 4.80. The second-order valence-corrected chi connectivity index (χ2v) is 4.00. The highest BCUT2D eigenvalue weighted by Gasteiger charge is 2.42. The van der Waals surface area contributed by atoms with Gasteiger partial charge in [-0.2, -0.15) is 0 Å². The Morgan fingerprint density at radius 2 is 2.20 bits per heavy atom. The smallest absolute Gasteiger partial charge is 0.217 e. The molecule has 2 N–H and O–H groups in total. The van der Waals surface area contributed by atoms with E-state index in [4.69, 9.17) is 4.74 Å². The molecule has 1 saturated heterocycles. The van der Waals surface area contributed by atoms with Crippen LogP contribution in [0.15, 0.2) is 0 Å². The quantitative estimate of drug-likeness (QED) is 0.714. The van der Waals surface area contributed by atoms with Crippen molar-refractivity contribution >= 4 is 5.91 Å². The topological polar surface area (TPSA) is 58.6 Å². The average molecular weight is 219 g/mol. The summed E-state index contributed by atoms with van der Waals surface area (Å²) in [6, 6.07) is -0.666. The lowest BCUT2D eigenvalue weighted by Crippen LogP contribution is -2.58. The maximum Gasteiger partial charge on any atom is 0.217 e. The van der Waals surface area contributed by atoms with Gasteiger partial charge < -0.3 is 15.2 Å². The van der Waals surface area contributed by atoms with E-state index in [1.807, 2.05) is 0 Å². The van der Waals surface area contributed by atoms with Crippen molar-refractivity contribution in [3.63, 3.8) is 0 Å². The number of nitrogens with one attached hydrogen (secondary N) is 1. The first-order valence-corrected chi connectivity index (χ1v) is 5.22. The Morgan fingerprint density at radius 1 is 1.60 bits per heavy atom. The zero-order valence-corrected chi connectivity index (χ0v) is 9.24. The fourth-order valence-corrected chi connectivity index (χ4v) is 1.89. The number of alkyl halides is 1. The minimum Gasteiger partial charge on any atom is -0.366 e. The van der Waals surface area contributed by atoms with Gasteiger partial charge in [0.15, 0.2) is 6.29 Å². The van der Waals surface area contributed by atoms with E-state index in [9.17, 15) is 14.3 Å². The van der Waals surface area contributed by atoms with Gasteiger partial charge in [-0.3, -0.25) is 4.79 Å². The number of hydrogen-bond donors (Lipinski definition) is 2. The molecule has 0 aromatic carbocycles. The number of halogens is 1. The number of carbonyl (C=O) groups is 1. The lowest BCUT2D eigenvalue weighted by atomic mass is 9.89. The molecule has 4 nitrogen and oxygen atoms in total. The highest BCUT2D eigenvalue weighted by atomic mass is 19.1. The molecule has 0 aromatic heterocycles. The molecule has 1 rings (SSSR count). The van der Waals surface area contributed by atoms with Crippen molar-refractivity contribution in [2.75, 3.05) is 0 Å². The third-order valence-electron chi connectivity index (χ3n) is 2.82. The Labute approximate surface area is 88.8 Å². The number of ether oxygens (including phenoxy) is 1. The summed E-state index contributed by atoms with van der Waals surface area (Å²) in [5.74, 6) is -0.737. The van der Waals surface area contributed by atoms with E-state index < -0.39 is 30.5 Å². The van der Waals surface area contributed by atoms with Crippen LogP contribution in [-0.4, -0.2) is 35.6 Å². The summed E-state index contributed by atoms with van der Waals surface area (Å²) in [7, 11) is 0. The monoisotopic (exact) mass is 219 g/mol. The minimum absolute atomic E-state index is 0.295. The van der Waals surface area contributed by atoms with E-state index in [1.54, 1.807) is 13.8 Å². The van der Waals surface area contributed by atoms with Gasteiger partial charge in [0.25, 0.3) is 0 Å². The van der Waals surface area contributed by atoms with Crippen LogP contribution in [0.2, 0.25) is 0 Å². The second kappa shape index (κ2) is 4.90. The van der Waals surface area contributed by atoms with Gasteiger partial charge in [-0.05, 0) is 6.42 Å². The van der Waals surface area contributed by atoms with Crippen molar-refractivity contribution in [2.24, 2.45) is 5.92 Å². The molecule has 0 aliphatic carbocycles. The first-order valence-electron chi connectivity index (χ1n) is 5.22. The largest absolute Gasteiger partial charge is 0.366 e. The Morgan fingerprint density at radius 3 is 2.67 bits per heavy atom. The van der Waals surface area contributed by atoms with Gasteiger partial charge in [-0.15, -0.1) is 0 Å². The van der Waals surface area contributed by atoms with Gasteiger partial charge in [0.05, 0.1) is 12.1 Å². The molecule has 1 amide bonds. The molecular formula is C10H18FNO3. The molecule has 0 saturated carbocycles. The molecule has 1 aliphatic heterocycles. The molecule has 2 unspecified atom stereocenters. The maximum absolute atomic E-state index is 13.7. The Balaban J connectivity index is 2.70. The predicted octanol–water partition coefficient (Wildman–Crippen LogP) is 0.592. The van der Waals surface area contributed by atoms with E-state index in [0.29, 0.717) is 6.42 Å². The second-order valence-electron chi connectivity index (χ2n) is 4.00. The van der Waals surface area contributed by atoms with Gasteiger partial charge in [0, 0.05) is 12.8 Å². The summed E-state index contributed by atoms with van der Waals surface area (Å²) in [6.07, 6.45) is -2.36. The molecule has 0 spiro atoms. The van der Waals surface area contributed by atoms with Crippen molar-refractivity contribution in [1.82, 2.24) is 5.32 Å². The third-order valence-corrected chi connectivity index (χ3v) is 2.82. The summed E-state index contributed by atoms with van der Waals surface area (Å²) >= 11 is 0. The van der Waals surface area contributed by atoms with E-state index in [-0.39, 0.29) is 5.91 Å². The van der Waals surface area contributed by atoms with Crippen molar-refractivity contribution in [3.8, 4) is 0 Å². The van der Waals surface area contributed by atoms with E-state index >= 15 is 0 Å². The fraction of sp³-hybridized carbons (Fsp3) is 0.900. The van der Waals surface area contributed by atoms with Crippen LogP contribution in [0.25, 0.3) is 0 Å². The molecule has 5 heteroatoms. The Kier molecular flexibility index (Phi) is 4.04. The standard InChI is InChI=1S/C10H18FNO3/c1-4-7-8(11)5(2)9(10(14)15-7)12-6(3)13/h5,7-10,14H,4H2,1-3H3,(H,12,13)/t5?,7?,8-,9-,10-/m0/s1. The van der Waals surface area contributed by atoms with Crippen LogP contribution < -0.4 is 5.32 Å². The van der Waals surface area contributed by atoms with Crippen molar-refractivity contribution in [1.29, 1.82) is 0 Å². The van der Waals surface area contributed by atoms with Crippen LogP contribution in [0, 0.1) is 5.92 Å². The molecule has 1 fully saturated rings. The highest BCUT2D eigenvalue weighted by Crippen LogP contribution is 2.28. The lowest BCUT2D eigenvalue weighted by molar-refractivity contribution is -0.217. The van der Waals surface area contributed by atoms with Crippen LogP contribution in [0.1, 0.15) is 27.2 Å². The SMILES string of the molecule is CCC1O[C@H](O)[C@@H](NC(C)=O)C(C)[C@@H]1F. The number of amides is 1. The Hall–Kier alpha value is -0.680. The van der Waals surface area contributed by atoms with Gasteiger partial charge in [0.2, 0.25) is 5.91 Å². The van der Waals surface area contributed by atoms with Crippen LogP contribution in [-0.2, 0) is 9.53 Å². The predicted molar refractivity (Wildman–Crippen MR) is 52.8 cm³/mol. The van der Waals surface area contributed by atoms with Gasteiger partial charge >= 0.3 is 0 Å². The first kappa shape index (κ1) is 12.4. The summed E-state index contributed by atoms with van der Waals surface area (Å²) in [4.78, 5) is 10.9. The molecule has 0 radical (unpaired) electrons. The average Bonchev–Trinajstić information content (AvgIpc) is 2.18. The normalized spacial score (nSPS) is 41.3. The van der Waals surface area contributed by atoms with Gasteiger partial charge in [-0.25, -0.2) is 4.39 Å². The summed E-state index contributed by atoms with van der Waals surface area (Å²) in [5.41, 5.74) is 0. The Bertz CT molecular complexity index is 237. The zero-order valence-electron chi connectivity index (χ0n) is 9.24. The van der Waals surface area contributed by atoms with Crippen LogP contribution in [0.4, 0.5) is 4.39 Å². The summed E-state index contributed by atoms with van der Waals surface area (Å²) in [5, 5.41) is 12.1. The molecule has 88 valence electrons. The molecule has 5 atom stereocenters. The third kappa shape index (κ3) is 2.66. The van der Waals surface area contributed by atoms with Crippen LogP contribution in [0.5, 0.6) is 0 Å². The summed E-state index contributed by atoms with van der Waals surface area (Å²) < 4.78 is 18.8. The molecule has 0 aromatic rings. The maximum atomic E-state index is 13.7. The molecule has 1 aliphatic rings. The van der Waals surface area contributed by atoms with E-state index in [2.05, 4.69) is 5.32 Å². The van der Waals surface area contributed by atoms with Crippen molar-refractivity contribution in [2.45, 2.75) is 51.8 Å². The van der Waals surface area contributed by atoms with Crippen molar-refractivity contribution < 1.29 is 19.0 Å². The van der Waals surface area contributed by atoms with Gasteiger partial charge in [-0.1, -0.05) is 13.8 Å². The number of carbonyl (C=O) groups excluding carboxylic acids is 1. The number of hydrogen-bond acceptors (Lipinski definition) is 3. The highest BCUT2D eigenvalue weighted by molar-refractivity contribution is 5.73. The van der Waals surface area contributed by atoms with Crippen LogP contribution in [0.3, 0.4) is 0 Å². The number of aliphatic hydroxyl groups excluding tert-OH is 1. The van der Waals surface area contributed by atoms with E-state index in [1.165, 1.54) is 6.92 Å². The van der Waals surface area contributed by atoms with Crippen molar-refractivity contribution in [3.05, 3.63) is 0 Å². The molecule has 0 bridgehead atoms. The zero-order chi connectivity index (χ0) is 11.6. The lowest BCUT2D eigenvalue weighted by Gasteiger charge is -2.40. The minimum atomic E-state index is -1.16. The molecular weight excluding hydrogens is 201 g/mol. The van der Waals surface area contributed by atoms with E-state index in [0.717, 1.165) is 0 Å². The van der Waals surface area contributed by atoms with Crippen LogP contribution >= 0.6 is 0 Å². The fourth-order valence-electron chi connectivity index (χ4n) is 1.89. The number of aliphatic hydroxyl groups is 1. The van der Waals surface area contributed by atoms with Gasteiger partial charge in [0.1, 0.15) is 6.17 Å². The first-order chi connectivity index (χ1) is 6.97.